The first kappa shape index (κ1) is 12.7. The molecule has 1 heterocycles. The van der Waals surface area contributed by atoms with Crippen LogP contribution in [0.4, 0.5) is 5.13 Å². The maximum atomic E-state index is 5.80. The average Bonchev–Trinajstić information content (AvgIpc) is 2.49. The summed E-state index contributed by atoms with van der Waals surface area (Å²) in [5, 5.41) is 13.3. The van der Waals surface area contributed by atoms with E-state index >= 15 is 0 Å². The smallest absolute Gasteiger partial charge is 0.205 e. The van der Waals surface area contributed by atoms with Crippen molar-refractivity contribution in [3.63, 3.8) is 0 Å². The number of hydrogen-bond donors (Lipinski definition) is 1. The lowest BCUT2D eigenvalue weighted by Crippen LogP contribution is -2.34. The van der Waals surface area contributed by atoms with E-state index in [-0.39, 0.29) is 5.41 Å². The normalized spacial score (nSPS) is 13.9. The molecule has 15 heavy (non-hydrogen) atoms. The Labute approximate surface area is 100 Å². The van der Waals surface area contributed by atoms with Crippen molar-refractivity contribution in [2.75, 3.05) is 11.2 Å². The van der Waals surface area contributed by atoms with Crippen LogP contribution in [0.3, 0.4) is 0 Å². The zero-order valence-corrected chi connectivity index (χ0v) is 11.2. The van der Waals surface area contributed by atoms with Crippen LogP contribution in [0.5, 0.6) is 0 Å². The minimum absolute atomic E-state index is 0.175. The molecule has 0 aromatic carbocycles. The minimum Gasteiger partial charge on any atom is -0.357 e. The Morgan fingerprint density at radius 1 is 1.40 bits per heavy atom. The molecule has 0 fully saturated rings. The molecule has 0 bridgehead atoms. The zero-order chi connectivity index (χ0) is 11.5. The van der Waals surface area contributed by atoms with Gasteiger partial charge >= 0.3 is 0 Å². The summed E-state index contributed by atoms with van der Waals surface area (Å²) in [6.07, 6.45) is 0.934. The molecular formula is C10H18ClN3S. The number of hydrogen-bond acceptors (Lipinski definition) is 4. The fourth-order valence-electron chi connectivity index (χ4n) is 1.33. The summed E-state index contributed by atoms with van der Waals surface area (Å²) in [6.45, 7) is 8.55. The zero-order valence-electron chi connectivity index (χ0n) is 9.67. The van der Waals surface area contributed by atoms with E-state index in [9.17, 15) is 0 Å². The first-order valence-electron chi connectivity index (χ1n) is 5.06. The van der Waals surface area contributed by atoms with Gasteiger partial charge in [-0.2, -0.15) is 0 Å². The van der Waals surface area contributed by atoms with E-state index in [4.69, 9.17) is 11.6 Å². The standard InChI is InChI=1S/C10H18ClN3S/c1-7-13-14-9(15-7)12-8(5-6-11)10(2,3)4/h8H,5-6H2,1-4H3,(H,12,14). The predicted octanol–water partition coefficient (Wildman–Crippen LogP) is 3.30. The van der Waals surface area contributed by atoms with Crippen molar-refractivity contribution in [2.24, 2.45) is 5.41 Å². The molecule has 0 aliphatic carbocycles. The van der Waals surface area contributed by atoms with E-state index in [1.165, 1.54) is 0 Å². The van der Waals surface area contributed by atoms with Crippen LogP contribution in [0.1, 0.15) is 32.2 Å². The second kappa shape index (κ2) is 5.12. The largest absolute Gasteiger partial charge is 0.357 e. The van der Waals surface area contributed by atoms with Crippen molar-refractivity contribution in [1.29, 1.82) is 0 Å². The maximum Gasteiger partial charge on any atom is 0.205 e. The second-order valence-corrected chi connectivity index (χ2v) is 6.23. The van der Waals surface area contributed by atoms with Crippen molar-refractivity contribution in [1.82, 2.24) is 10.2 Å². The highest BCUT2D eigenvalue weighted by Crippen LogP contribution is 2.27. The molecule has 5 heteroatoms. The first-order valence-corrected chi connectivity index (χ1v) is 6.41. The Kier molecular flexibility index (Phi) is 4.34. The van der Waals surface area contributed by atoms with E-state index in [1.807, 2.05) is 6.92 Å². The predicted molar refractivity (Wildman–Crippen MR) is 66.8 cm³/mol. The Morgan fingerprint density at radius 2 is 2.07 bits per heavy atom. The summed E-state index contributed by atoms with van der Waals surface area (Å²) in [7, 11) is 0. The molecule has 0 saturated carbocycles. The van der Waals surface area contributed by atoms with E-state index in [0.717, 1.165) is 16.6 Å². The fraction of sp³-hybridized carbons (Fsp3) is 0.800. The topological polar surface area (TPSA) is 37.8 Å². The molecule has 1 aromatic heterocycles. The third kappa shape index (κ3) is 3.95. The van der Waals surface area contributed by atoms with Gasteiger partial charge in [-0.05, 0) is 18.8 Å². The van der Waals surface area contributed by atoms with Crippen LogP contribution in [0.2, 0.25) is 0 Å². The van der Waals surface area contributed by atoms with Gasteiger partial charge in [0.25, 0.3) is 0 Å². The van der Waals surface area contributed by atoms with Gasteiger partial charge in [-0.15, -0.1) is 21.8 Å². The Morgan fingerprint density at radius 3 is 2.47 bits per heavy atom. The highest BCUT2D eigenvalue weighted by Gasteiger charge is 2.24. The summed E-state index contributed by atoms with van der Waals surface area (Å²) in [6, 6.07) is 0.336. The number of nitrogens with zero attached hydrogens (tertiary/aromatic N) is 2. The van der Waals surface area contributed by atoms with Crippen LogP contribution in [-0.4, -0.2) is 22.1 Å². The summed E-state index contributed by atoms with van der Waals surface area (Å²) >= 11 is 7.38. The van der Waals surface area contributed by atoms with Gasteiger partial charge in [-0.3, -0.25) is 0 Å². The molecule has 1 aromatic rings. The minimum atomic E-state index is 0.175. The number of rotatable bonds is 4. The van der Waals surface area contributed by atoms with Crippen LogP contribution in [0, 0.1) is 12.3 Å². The summed E-state index contributed by atoms with van der Waals surface area (Å²) in [4.78, 5) is 0. The lowest BCUT2D eigenvalue weighted by Gasteiger charge is -2.30. The highest BCUT2D eigenvalue weighted by atomic mass is 35.5. The SMILES string of the molecule is Cc1nnc(NC(CCCl)C(C)(C)C)s1. The third-order valence-corrected chi connectivity index (χ3v) is 3.26. The molecule has 1 unspecified atom stereocenters. The molecule has 0 spiro atoms. The van der Waals surface area contributed by atoms with Gasteiger partial charge in [0, 0.05) is 11.9 Å². The van der Waals surface area contributed by atoms with Crippen molar-refractivity contribution in [2.45, 2.75) is 40.2 Å². The van der Waals surface area contributed by atoms with Crippen LogP contribution in [-0.2, 0) is 0 Å². The van der Waals surface area contributed by atoms with Crippen molar-refractivity contribution in [3.8, 4) is 0 Å². The van der Waals surface area contributed by atoms with E-state index in [2.05, 4.69) is 36.3 Å². The van der Waals surface area contributed by atoms with Gasteiger partial charge in [0.2, 0.25) is 5.13 Å². The van der Waals surface area contributed by atoms with E-state index < -0.39 is 0 Å². The van der Waals surface area contributed by atoms with Crippen LogP contribution in [0.15, 0.2) is 0 Å². The number of alkyl halides is 1. The Bertz CT molecular complexity index is 306. The van der Waals surface area contributed by atoms with Gasteiger partial charge in [0.1, 0.15) is 5.01 Å². The van der Waals surface area contributed by atoms with E-state index in [1.54, 1.807) is 11.3 Å². The quantitative estimate of drug-likeness (QED) is 0.830. The molecule has 1 atom stereocenters. The summed E-state index contributed by atoms with van der Waals surface area (Å²) < 4.78 is 0. The Balaban J connectivity index is 2.66. The highest BCUT2D eigenvalue weighted by molar-refractivity contribution is 7.15. The fourth-order valence-corrected chi connectivity index (χ4v) is 2.20. The van der Waals surface area contributed by atoms with Gasteiger partial charge in [0.05, 0.1) is 0 Å². The number of halogens is 1. The molecule has 1 N–H and O–H groups in total. The summed E-state index contributed by atoms with van der Waals surface area (Å²) in [5.74, 6) is 0.659. The Hall–Kier alpha value is -0.350. The lowest BCUT2D eigenvalue weighted by molar-refractivity contribution is 0.334. The molecular weight excluding hydrogens is 230 g/mol. The van der Waals surface area contributed by atoms with Crippen LogP contribution >= 0.6 is 22.9 Å². The molecule has 0 aliphatic heterocycles. The number of nitrogens with one attached hydrogen (secondary N) is 1. The number of aromatic nitrogens is 2. The van der Waals surface area contributed by atoms with Gasteiger partial charge < -0.3 is 5.32 Å². The van der Waals surface area contributed by atoms with Gasteiger partial charge in [-0.1, -0.05) is 32.1 Å². The molecule has 0 saturated heterocycles. The molecule has 3 nitrogen and oxygen atoms in total. The van der Waals surface area contributed by atoms with Gasteiger partial charge in [-0.25, -0.2) is 0 Å². The number of aryl methyl sites for hydroxylation is 1. The van der Waals surface area contributed by atoms with Crippen molar-refractivity contribution >= 4 is 28.1 Å². The summed E-state index contributed by atoms with van der Waals surface area (Å²) in [5.41, 5.74) is 0.175. The van der Waals surface area contributed by atoms with Crippen molar-refractivity contribution in [3.05, 3.63) is 5.01 Å². The van der Waals surface area contributed by atoms with Crippen LogP contribution < -0.4 is 5.32 Å². The third-order valence-electron chi connectivity index (χ3n) is 2.27. The van der Waals surface area contributed by atoms with Crippen molar-refractivity contribution < 1.29 is 0 Å². The number of anilines is 1. The first-order chi connectivity index (χ1) is 6.93. The monoisotopic (exact) mass is 247 g/mol. The van der Waals surface area contributed by atoms with Crippen LogP contribution in [0.25, 0.3) is 0 Å². The second-order valence-electron chi connectivity index (χ2n) is 4.67. The average molecular weight is 248 g/mol. The molecule has 86 valence electrons. The lowest BCUT2D eigenvalue weighted by atomic mass is 9.85. The van der Waals surface area contributed by atoms with Gasteiger partial charge in [0.15, 0.2) is 0 Å². The molecule has 0 amide bonds. The molecule has 0 aliphatic rings. The maximum absolute atomic E-state index is 5.80. The van der Waals surface area contributed by atoms with E-state index in [0.29, 0.717) is 11.9 Å². The molecule has 1 rings (SSSR count). The molecule has 0 radical (unpaired) electrons.